The summed E-state index contributed by atoms with van der Waals surface area (Å²) in [5.74, 6) is 1.93. The van der Waals surface area contributed by atoms with Gasteiger partial charge in [-0.05, 0) is 55.7 Å². The molecule has 4 rings (SSSR count). The summed E-state index contributed by atoms with van der Waals surface area (Å²) in [7, 11) is 1.41. The Bertz CT molecular complexity index is 1250. The van der Waals surface area contributed by atoms with Gasteiger partial charge in [0.05, 0.1) is 30.7 Å². The molecule has 0 spiro atoms. The molecule has 2 aromatic carbocycles. The first-order valence-corrected chi connectivity index (χ1v) is 11.3. The summed E-state index contributed by atoms with van der Waals surface area (Å²) in [6, 6.07) is 19.9. The highest BCUT2D eigenvalue weighted by atomic mass is 16.5. The number of carbonyl (C=O) groups excluding carboxylic acids is 1. The molecule has 0 bridgehead atoms. The number of oxazole rings is 1. The number of carbonyl (C=O) groups is 1. The highest BCUT2D eigenvalue weighted by Crippen LogP contribution is 2.25. The summed E-state index contributed by atoms with van der Waals surface area (Å²) < 4.78 is 16.5. The van der Waals surface area contributed by atoms with E-state index < -0.39 is 0 Å². The normalized spacial score (nSPS) is 10.8. The van der Waals surface area contributed by atoms with Gasteiger partial charge in [-0.2, -0.15) is 0 Å². The fourth-order valence-electron chi connectivity index (χ4n) is 3.73. The number of aryl methyl sites for hydroxylation is 3. The third-order valence-electron chi connectivity index (χ3n) is 5.72. The van der Waals surface area contributed by atoms with Crippen LogP contribution in [-0.4, -0.2) is 29.7 Å². The molecule has 34 heavy (non-hydrogen) atoms. The summed E-state index contributed by atoms with van der Waals surface area (Å²) in [6.45, 7) is 4.42. The van der Waals surface area contributed by atoms with Gasteiger partial charge in [-0.15, -0.1) is 0 Å². The number of hydrogen-bond donors (Lipinski definition) is 0. The van der Waals surface area contributed by atoms with Crippen molar-refractivity contribution in [3.8, 4) is 28.5 Å². The van der Waals surface area contributed by atoms with Crippen LogP contribution in [0.5, 0.6) is 5.75 Å². The van der Waals surface area contributed by atoms with Crippen LogP contribution in [0, 0.1) is 13.8 Å². The Balaban J connectivity index is 1.35. The third-order valence-corrected chi connectivity index (χ3v) is 5.72. The quantitative estimate of drug-likeness (QED) is 0.299. The zero-order chi connectivity index (χ0) is 23.9. The second-order valence-electron chi connectivity index (χ2n) is 8.08. The molecule has 6 heteroatoms. The standard InChI is InChI=1S/C28H28N2O4/c1-19-17-24(12-9-21(19)11-14-27(31)32-3)33-16-15-25-20(2)34-28(30-25)23-10-13-26(29-18-23)22-7-5-4-6-8-22/h4-10,12-13,17-18H,11,14-16H2,1-3H3. The minimum Gasteiger partial charge on any atom is -0.493 e. The average molecular weight is 457 g/mol. The van der Waals surface area contributed by atoms with Gasteiger partial charge in [0.25, 0.3) is 0 Å². The monoisotopic (exact) mass is 456 g/mol. The molecule has 6 nitrogen and oxygen atoms in total. The summed E-state index contributed by atoms with van der Waals surface area (Å²) in [4.78, 5) is 20.6. The van der Waals surface area contributed by atoms with Crippen molar-refractivity contribution in [1.82, 2.24) is 9.97 Å². The van der Waals surface area contributed by atoms with Gasteiger partial charge in [-0.25, -0.2) is 4.98 Å². The van der Waals surface area contributed by atoms with Crippen molar-refractivity contribution >= 4 is 5.97 Å². The van der Waals surface area contributed by atoms with E-state index in [1.54, 1.807) is 6.20 Å². The highest BCUT2D eigenvalue weighted by Gasteiger charge is 2.13. The lowest BCUT2D eigenvalue weighted by molar-refractivity contribution is -0.140. The maximum absolute atomic E-state index is 11.4. The number of methoxy groups -OCH3 is 1. The molecule has 0 saturated carbocycles. The third kappa shape index (κ3) is 5.70. The lowest BCUT2D eigenvalue weighted by Crippen LogP contribution is -2.04. The van der Waals surface area contributed by atoms with Gasteiger partial charge < -0.3 is 13.9 Å². The number of benzene rings is 2. The average Bonchev–Trinajstić information content (AvgIpc) is 3.24. The van der Waals surface area contributed by atoms with E-state index in [-0.39, 0.29) is 5.97 Å². The molecule has 0 atom stereocenters. The van der Waals surface area contributed by atoms with Crippen molar-refractivity contribution in [3.63, 3.8) is 0 Å². The smallest absolute Gasteiger partial charge is 0.305 e. The second-order valence-corrected chi connectivity index (χ2v) is 8.08. The minimum atomic E-state index is -0.204. The number of esters is 1. The lowest BCUT2D eigenvalue weighted by atomic mass is 10.0. The molecule has 0 aliphatic heterocycles. The van der Waals surface area contributed by atoms with E-state index in [0.29, 0.717) is 31.8 Å². The fourth-order valence-corrected chi connectivity index (χ4v) is 3.73. The molecular formula is C28H28N2O4. The predicted octanol–water partition coefficient (Wildman–Crippen LogP) is 5.75. The van der Waals surface area contributed by atoms with Crippen molar-refractivity contribution in [2.45, 2.75) is 33.1 Å². The summed E-state index contributed by atoms with van der Waals surface area (Å²) >= 11 is 0. The molecule has 0 aliphatic carbocycles. The molecular weight excluding hydrogens is 428 g/mol. The van der Waals surface area contributed by atoms with Crippen LogP contribution in [0.1, 0.15) is 29.0 Å². The van der Waals surface area contributed by atoms with Crippen molar-refractivity contribution in [2.75, 3.05) is 13.7 Å². The lowest BCUT2D eigenvalue weighted by Gasteiger charge is -2.10. The Kier molecular flexibility index (Phi) is 7.38. The largest absolute Gasteiger partial charge is 0.493 e. The summed E-state index contributed by atoms with van der Waals surface area (Å²) in [6.07, 6.45) is 3.45. The van der Waals surface area contributed by atoms with E-state index in [9.17, 15) is 4.79 Å². The van der Waals surface area contributed by atoms with Crippen LogP contribution in [-0.2, 0) is 22.4 Å². The number of nitrogens with zero attached hydrogens (tertiary/aromatic N) is 2. The molecule has 0 radical (unpaired) electrons. The number of hydrogen-bond acceptors (Lipinski definition) is 6. The highest BCUT2D eigenvalue weighted by molar-refractivity contribution is 5.69. The van der Waals surface area contributed by atoms with Gasteiger partial charge in [-0.1, -0.05) is 36.4 Å². The van der Waals surface area contributed by atoms with Crippen LogP contribution < -0.4 is 4.74 Å². The van der Waals surface area contributed by atoms with Crippen molar-refractivity contribution in [1.29, 1.82) is 0 Å². The first-order chi connectivity index (χ1) is 16.5. The van der Waals surface area contributed by atoms with Gasteiger partial charge >= 0.3 is 5.97 Å². The van der Waals surface area contributed by atoms with E-state index in [1.165, 1.54) is 7.11 Å². The first-order valence-electron chi connectivity index (χ1n) is 11.3. The number of ether oxygens (including phenoxy) is 2. The molecule has 4 aromatic rings. The van der Waals surface area contributed by atoms with Gasteiger partial charge in [0.15, 0.2) is 0 Å². The van der Waals surface area contributed by atoms with Crippen LogP contribution in [0.25, 0.3) is 22.7 Å². The van der Waals surface area contributed by atoms with Crippen molar-refractivity contribution in [2.24, 2.45) is 0 Å². The van der Waals surface area contributed by atoms with Gasteiger partial charge in [0.2, 0.25) is 5.89 Å². The second kappa shape index (κ2) is 10.8. The van der Waals surface area contributed by atoms with Gasteiger partial charge in [-0.3, -0.25) is 9.78 Å². The Morgan fingerprint density at radius 1 is 0.971 bits per heavy atom. The van der Waals surface area contributed by atoms with Crippen LogP contribution in [0.4, 0.5) is 0 Å². The fraction of sp³-hybridized carbons (Fsp3) is 0.250. The number of rotatable bonds is 9. The van der Waals surface area contributed by atoms with Crippen LogP contribution in [0.2, 0.25) is 0 Å². The van der Waals surface area contributed by atoms with E-state index in [2.05, 4.69) is 9.97 Å². The van der Waals surface area contributed by atoms with E-state index >= 15 is 0 Å². The predicted molar refractivity (Wildman–Crippen MR) is 131 cm³/mol. The molecule has 0 unspecified atom stereocenters. The molecule has 0 fully saturated rings. The van der Waals surface area contributed by atoms with E-state index in [4.69, 9.17) is 13.9 Å². The maximum atomic E-state index is 11.4. The van der Waals surface area contributed by atoms with Crippen LogP contribution in [0.3, 0.4) is 0 Å². The maximum Gasteiger partial charge on any atom is 0.305 e. The summed E-state index contributed by atoms with van der Waals surface area (Å²) in [5.41, 5.74) is 5.89. The van der Waals surface area contributed by atoms with Crippen molar-refractivity contribution in [3.05, 3.63) is 89.4 Å². The first kappa shape index (κ1) is 23.2. The van der Waals surface area contributed by atoms with Crippen molar-refractivity contribution < 1.29 is 18.7 Å². The SMILES string of the molecule is COC(=O)CCc1ccc(OCCc2nc(-c3ccc(-c4ccccc4)nc3)oc2C)cc1C. The van der Waals surface area contributed by atoms with Gasteiger partial charge in [0.1, 0.15) is 11.5 Å². The Morgan fingerprint density at radius 3 is 2.50 bits per heavy atom. The Morgan fingerprint density at radius 2 is 1.79 bits per heavy atom. The molecule has 0 amide bonds. The molecule has 0 saturated heterocycles. The van der Waals surface area contributed by atoms with Crippen LogP contribution in [0.15, 0.2) is 71.3 Å². The molecule has 0 aliphatic rings. The Hall–Kier alpha value is -3.93. The topological polar surface area (TPSA) is 74.5 Å². The van der Waals surface area contributed by atoms with Crippen LogP contribution >= 0.6 is 0 Å². The van der Waals surface area contributed by atoms with E-state index in [1.807, 2.05) is 74.5 Å². The number of aromatic nitrogens is 2. The summed E-state index contributed by atoms with van der Waals surface area (Å²) in [5, 5.41) is 0. The number of pyridine rings is 1. The van der Waals surface area contributed by atoms with Gasteiger partial charge in [0, 0.05) is 24.6 Å². The molecule has 2 aromatic heterocycles. The minimum absolute atomic E-state index is 0.204. The Labute approximate surface area is 199 Å². The molecule has 2 heterocycles. The molecule has 174 valence electrons. The zero-order valence-electron chi connectivity index (χ0n) is 19.7. The zero-order valence-corrected chi connectivity index (χ0v) is 19.7. The molecule has 0 N–H and O–H groups in total. The van der Waals surface area contributed by atoms with E-state index in [0.717, 1.165) is 45.2 Å².